The van der Waals surface area contributed by atoms with E-state index in [9.17, 15) is 35.5 Å². The molecule has 3 fully saturated rings. The van der Waals surface area contributed by atoms with Crippen molar-refractivity contribution in [2.45, 2.75) is 82.0 Å². The third-order valence-corrected chi connectivity index (χ3v) is 8.98. The minimum atomic E-state index is -4.95. The third kappa shape index (κ3) is 6.77. The van der Waals surface area contributed by atoms with Gasteiger partial charge in [0.1, 0.15) is 5.82 Å². The van der Waals surface area contributed by atoms with Crippen molar-refractivity contribution in [1.82, 2.24) is 9.80 Å². The highest BCUT2D eigenvalue weighted by atomic mass is 19.4. The normalized spacial score (nSPS) is 26.2. The summed E-state index contributed by atoms with van der Waals surface area (Å²) in [4.78, 5) is 17.4. The smallest absolute Gasteiger partial charge is 0.370 e. The Morgan fingerprint density at radius 2 is 1.50 bits per heavy atom. The lowest BCUT2D eigenvalue weighted by molar-refractivity contribution is -0.143. The SMILES string of the molecule is C[C@H](OC1CCC(CN2CCC[C@@H]2C(=O)N2CCCC2)C1c1ccc(F)cc1)c1cc(C(F)(F)F)cc(C(F)(F)F)c1. The first kappa shape index (κ1) is 30.8. The summed E-state index contributed by atoms with van der Waals surface area (Å²) in [6, 6.07) is 7.30. The molecule has 230 valence electrons. The summed E-state index contributed by atoms with van der Waals surface area (Å²) in [6.07, 6.45) is -6.59. The van der Waals surface area contributed by atoms with E-state index >= 15 is 0 Å². The van der Waals surface area contributed by atoms with Crippen molar-refractivity contribution in [2.24, 2.45) is 5.92 Å². The summed E-state index contributed by atoms with van der Waals surface area (Å²) in [5.74, 6) is -0.540. The molecule has 5 atom stereocenters. The molecule has 2 aliphatic heterocycles. The topological polar surface area (TPSA) is 32.8 Å². The second-order valence-electron chi connectivity index (χ2n) is 11.8. The molecule has 2 aromatic carbocycles. The van der Waals surface area contributed by atoms with Gasteiger partial charge >= 0.3 is 12.4 Å². The van der Waals surface area contributed by atoms with Crippen molar-refractivity contribution in [2.75, 3.05) is 26.2 Å². The first-order valence-electron chi connectivity index (χ1n) is 14.5. The second-order valence-corrected chi connectivity index (χ2v) is 11.8. The van der Waals surface area contributed by atoms with Gasteiger partial charge < -0.3 is 9.64 Å². The molecule has 42 heavy (non-hydrogen) atoms. The molecule has 1 aliphatic carbocycles. The number of nitrogens with zero attached hydrogens (tertiary/aromatic N) is 2. The Labute approximate surface area is 240 Å². The number of halogens is 7. The number of hydrogen-bond donors (Lipinski definition) is 0. The molecule has 0 spiro atoms. The largest absolute Gasteiger partial charge is 0.416 e. The summed E-state index contributed by atoms with van der Waals surface area (Å²) in [5, 5.41) is 0. The highest BCUT2D eigenvalue weighted by Crippen LogP contribution is 2.45. The lowest BCUT2D eigenvalue weighted by Gasteiger charge is -2.33. The zero-order chi connectivity index (χ0) is 30.2. The summed E-state index contributed by atoms with van der Waals surface area (Å²) in [6.45, 7) is 4.36. The Balaban J connectivity index is 1.38. The second kappa shape index (κ2) is 12.1. The lowest BCUT2D eigenvalue weighted by atomic mass is 9.86. The van der Waals surface area contributed by atoms with Crippen LogP contribution in [0, 0.1) is 11.7 Å². The van der Waals surface area contributed by atoms with Crippen LogP contribution < -0.4 is 0 Å². The minimum Gasteiger partial charge on any atom is -0.370 e. The standard InChI is InChI=1S/C31H35F7N2O2/c1-19(22-15-23(30(33,34)35)17-24(16-22)31(36,37)38)42-27-11-8-21(28(27)20-6-9-25(32)10-7-20)18-40-14-4-5-26(40)29(41)39-12-2-3-13-39/h6-7,9-10,15-17,19,21,26-28H,2-5,8,11-14,18H2,1H3/t19-,21?,26+,27?,28?/m0/s1. The molecular weight excluding hydrogens is 565 g/mol. The molecule has 4 nitrogen and oxygen atoms in total. The molecule has 3 unspecified atom stereocenters. The minimum absolute atomic E-state index is 0.00637. The van der Waals surface area contributed by atoms with Crippen LogP contribution in [0.25, 0.3) is 0 Å². The number of benzene rings is 2. The van der Waals surface area contributed by atoms with E-state index in [2.05, 4.69) is 4.90 Å². The van der Waals surface area contributed by atoms with Crippen LogP contribution in [0.15, 0.2) is 42.5 Å². The molecule has 2 heterocycles. The van der Waals surface area contributed by atoms with E-state index in [1.807, 2.05) is 4.90 Å². The molecule has 0 N–H and O–H groups in total. The van der Waals surface area contributed by atoms with Crippen LogP contribution >= 0.6 is 0 Å². The lowest BCUT2D eigenvalue weighted by Crippen LogP contribution is -2.46. The predicted molar refractivity (Wildman–Crippen MR) is 142 cm³/mol. The van der Waals surface area contributed by atoms with E-state index < -0.39 is 41.5 Å². The van der Waals surface area contributed by atoms with Gasteiger partial charge in [-0.15, -0.1) is 0 Å². The average molecular weight is 601 g/mol. The van der Waals surface area contributed by atoms with Crippen molar-refractivity contribution in [3.63, 3.8) is 0 Å². The van der Waals surface area contributed by atoms with Crippen LogP contribution in [0.3, 0.4) is 0 Å². The number of amides is 1. The van der Waals surface area contributed by atoms with E-state index in [0.717, 1.165) is 50.9 Å². The molecule has 2 saturated heterocycles. The number of carbonyl (C=O) groups is 1. The van der Waals surface area contributed by atoms with Gasteiger partial charge in [0, 0.05) is 25.6 Å². The maximum Gasteiger partial charge on any atom is 0.416 e. The Morgan fingerprint density at radius 1 is 0.881 bits per heavy atom. The number of carbonyl (C=O) groups excluding carboxylic acids is 1. The number of ether oxygens (including phenoxy) is 1. The Kier molecular flexibility index (Phi) is 8.90. The number of likely N-dealkylation sites (tertiary alicyclic amines) is 2. The molecule has 3 aliphatic rings. The maximum atomic E-state index is 13.8. The number of hydrogen-bond acceptors (Lipinski definition) is 3. The molecular formula is C31H35F7N2O2. The molecule has 0 radical (unpaired) electrons. The fraction of sp³-hybridized carbons (Fsp3) is 0.581. The van der Waals surface area contributed by atoms with Gasteiger partial charge in [0.15, 0.2) is 0 Å². The summed E-state index contributed by atoms with van der Waals surface area (Å²) >= 11 is 0. The van der Waals surface area contributed by atoms with E-state index in [-0.39, 0.29) is 35.4 Å². The van der Waals surface area contributed by atoms with E-state index in [1.165, 1.54) is 19.1 Å². The van der Waals surface area contributed by atoms with Crippen molar-refractivity contribution >= 4 is 5.91 Å². The highest BCUT2D eigenvalue weighted by molar-refractivity contribution is 5.82. The van der Waals surface area contributed by atoms with Crippen molar-refractivity contribution < 1.29 is 40.3 Å². The van der Waals surface area contributed by atoms with Crippen LogP contribution in [-0.4, -0.2) is 54.0 Å². The summed E-state index contributed by atoms with van der Waals surface area (Å²) in [5.41, 5.74) is -2.19. The van der Waals surface area contributed by atoms with Gasteiger partial charge in [0.25, 0.3) is 0 Å². The van der Waals surface area contributed by atoms with Crippen LogP contribution in [0.1, 0.15) is 79.7 Å². The monoisotopic (exact) mass is 600 g/mol. The molecule has 11 heteroatoms. The Bertz CT molecular complexity index is 1210. The Morgan fingerprint density at radius 3 is 2.10 bits per heavy atom. The van der Waals surface area contributed by atoms with Crippen LogP contribution in [0.2, 0.25) is 0 Å². The summed E-state index contributed by atoms with van der Waals surface area (Å²) < 4.78 is 101. The molecule has 1 amide bonds. The van der Waals surface area contributed by atoms with Crippen LogP contribution in [0.4, 0.5) is 30.7 Å². The highest BCUT2D eigenvalue weighted by Gasteiger charge is 2.43. The van der Waals surface area contributed by atoms with Gasteiger partial charge in [0.05, 0.1) is 29.4 Å². The zero-order valence-corrected chi connectivity index (χ0v) is 23.4. The van der Waals surface area contributed by atoms with Crippen molar-refractivity contribution in [1.29, 1.82) is 0 Å². The van der Waals surface area contributed by atoms with E-state index in [0.29, 0.717) is 31.5 Å². The molecule has 1 saturated carbocycles. The maximum absolute atomic E-state index is 13.8. The first-order chi connectivity index (χ1) is 19.8. The van der Waals surface area contributed by atoms with Crippen LogP contribution in [0.5, 0.6) is 0 Å². The number of alkyl halides is 6. The van der Waals surface area contributed by atoms with Crippen molar-refractivity contribution in [3.05, 3.63) is 70.5 Å². The van der Waals surface area contributed by atoms with Gasteiger partial charge in [-0.05, 0) is 99.4 Å². The fourth-order valence-corrected chi connectivity index (χ4v) is 6.90. The molecule has 2 aromatic rings. The number of rotatable bonds is 7. The van der Waals surface area contributed by atoms with Gasteiger partial charge in [0.2, 0.25) is 5.91 Å². The van der Waals surface area contributed by atoms with Crippen molar-refractivity contribution in [3.8, 4) is 0 Å². The Hall–Kier alpha value is -2.66. The molecule has 0 aromatic heterocycles. The van der Waals surface area contributed by atoms with E-state index in [1.54, 1.807) is 12.1 Å². The average Bonchev–Trinajstić information content (AvgIpc) is 3.70. The van der Waals surface area contributed by atoms with Gasteiger partial charge in [-0.25, -0.2) is 4.39 Å². The molecule has 0 bridgehead atoms. The van der Waals surface area contributed by atoms with E-state index in [4.69, 9.17) is 4.74 Å². The predicted octanol–water partition coefficient (Wildman–Crippen LogP) is 7.59. The van der Waals surface area contributed by atoms with Gasteiger partial charge in [-0.2, -0.15) is 26.3 Å². The third-order valence-electron chi connectivity index (χ3n) is 8.98. The van der Waals surface area contributed by atoms with Crippen LogP contribution in [-0.2, 0) is 21.9 Å². The zero-order valence-electron chi connectivity index (χ0n) is 23.4. The van der Waals surface area contributed by atoms with Gasteiger partial charge in [-0.3, -0.25) is 9.69 Å². The quantitative estimate of drug-likeness (QED) is 0.307. The summed E-state index contributed by atoms with van der Waals surface area (Å²) in [7, 11) is 0. The van der Waals surface area contributed by atoms with Gasteiger partial charge in [-0.1, -0.05) is 12.1 Å². The fourth-order valence-electron chi connectivity index (χ4n) is 6.90. The molecule has 5 rings (SSSR count). The first-order valence-corrected chi connectivity index (χ1v) is 14.5.